The molecule has 1 aromatic carbocycles. The summed E-state index contributed by atoms with van der Waals surface area (Å²) in [5.74, 6) is -0.988. The van der Waals surface area contributed by atoms with Gasteiger partial charge < -0.3 is 24.0 Å². The zero-order valence-corrected chi connectivity index (χ0v) is 19.0. The number of hydrogen-bond donors (Lipinski definition) is 0. The van der Waals surface area contributed by atoms with Crippen LogP contribution in [0.3, 0.4) is 0 Å². The van der Waals surface area contributed by atoms with Crippen molar-refractivity contribution in [1.82, 2.24) is 9.80 Å². The van der Waals surface area contributed by atoms with Crippen molar-refractivity contribution >= 4 is 23.2 Å². The minimum Gasteiger partial charge on any atom is -0.383 e. The Morgan fingerprint density at radius 3 is 2.59 bits per heavy atom. The van der Waals surface area contributed by atoms with Gasteiger partial charge in [0.15, 0.2) is 5.79 Å². The summed E-state index contributed by atoms with van der Waals surface area (Å²) in [5.41, 5.74) is 1.41. The summed E-state index contributed by atoms with van der Waals surface area (Å²) < 4.78 is 17.0. The number of nitrogens with zero attached hydrogens (tertiary/aromatic N) is 2. The van der Waals surface area contributed by atoms with Crippen molar-refractivity contribution in [1.29, 1.82) is 0 Å². The summed E-state index contributed by atoms with van der Waals surface area (Å²) in [6.45, 7) is 3.24. The fraction of sp³-hybridized carbons (Fsp3) is 0.500. The van der Waals surface area contributed by atoms with Gasteiger partial charge in [-0.15, -0.1) is 11.3 Å². The summed E-state index contributed by atoms with van der Waals surface area (Å²) in [4.78, 5) is 32.2. The van der Waals surface area contributed by atoms with Crippen LogP contribution in [-0.4, -0.2) is 74.0 Å². The van der Waals surface area contributed by atoms with Crippen molar-refractivity contribution in [2.24, 2.45) is 0 Å². The van der Waals surface area contributed by atoms with Crippen LogP contribution in [0.2, 0.25) is 0 Å². The first-order chi connectivity index (χ1) is 15.6. The highest BCUT2D eigenvalue weighted by molar-refractivity contribution is 7.10. The number of carbonyl (C=O) groups excluding carboxylic acids is 2. The standard InChI is InChI=1S/C24H28N2O5S/c1-29-13-12-26-21(19-7-4-16-32-19)20(17-5-2-3-6-18(17)22(26)27)23(28)25-10-8-24(9-11-25)30-14-15-31-24/h2-7,16,20-21H,8-15H2,1H3/t20-,21-/m1/s1. The smallest absolute Gasteiger partial charge is 0.254 e. The van der Waals surface area contributed by atoms with E-state index >= 15 is 0 Å². The molecular weight excluding hydrogens is 428 g/mol. The van der Waals surface area contributed by atoms with Crippen LogP contribution in [0.1, 0.15) is 45.6 Å². The van der Waals surface area contributed by atoms with Crippen molar-refractivity contribution < 1.29 is 23.8 Å². The highest BCUT2D eigenvalue weighted by Crippen LogP contribution is 2.45. The lowest BCUT2D eigenvalue weighted by Crippen LogP contribution is -2.52. The second kappa shape index (κ2) is 8.94. The minimum absolute atomic E-state index is 0.0505. The third-order valence-corrected chi connectivity index (χ3v) is 7.67. The number of thiophene rings is 1. The maximum absolute atomic E-state index is 14.0. The van der Waals surface area contributed by atoms with E-state index in [0.29, 0.717) is 57.9 Å². The molecule has 4 heterocycles. The molecule has 2 atom stereocenters. The Morgan fingerprint density at radius 2 is 1.91 bits per heavy atom. The van der Waals surface area contributed by atoms with Gasteiger partial charge in [0.25, 0.3) is 5.91 Å². The molecule has 2 amide bonds. The van der Waals surface area contributed by atoms with Crippen molar-refractivity contribution in [3.8, 4) is 0 Å². The van der Waals surface area contributed by atoms with Crippen LogP contribution in [0.5, 0.6) is 0 Å². The van der Waals surface area contributed by atoms with E-state index in [-0.39, 0.29) is 17.9 Å². The van der Waals surface area contributed by atoms with Gasteiger partial charge in [0, 0.05) is 50.0 Å². The van der Waals surface area contributed by atoms with E-state index in [9.17, 15) is 9.59 Å². The molecule has 7 nitrogen and oxygen atoms in total. The molecular formula is C24H28N2O5S. The van der Waals surface area contributed by atoms with Gasteiger partial charge in [-0.05, 0) is 23.1 Å². The van der Waals surface area contributed by atoms with Crippen molar-refractivity contribution in [3.63, 3.8) is 0 Å². The number of ether oxygens (including phenoxy) is 3. The lowest BCUT2D eigenvalue weighted by molar-refractivity contribution is -0.188. The first kappa shape index (κ1) is 21.6. The summed E-state index contributed by atoms with van der Waals surface area (Å²) in [5, 5.41) is 2.00. The third-order valence-electron chi connectivity index (χ3n) is 6.73. The van der Waals surface area contributed by atoms with Gasteiger partial charge >= 0.3 is 0 Å². The molecule has 0 radical (unpaired) electrons. The molecule has 3 aliphatic rings. The van der Waals surface area contributed by atoms with Crippen LogP contribution in [-0.2, 0) is 19.0 Å². The third kappa shape index (κ3) is 3.75. The fourth-order valence-electron chi connectivity index (χ4n) is 5.12. The summed E-state index contributed by atoms with van der Waals surface area (Å²) in [6.07, 6.45) is 1.34. The summed E-state index contributed by atoms with van der Waals surface area (Å²) in [6, 6.07) is 11.2. The Morgan fingerprint density at radius 1 is 1.16 bits per heavy atom. The molecule has 0 saturated carbocycles. The van der Waals surface area contributed by atoms with Crippen molar-refractivity contribution in [2.75, 3.05) is 46.6 Å². The molecule has 1 spiro atoms. The molecule has 0 bridgehead atoms. The highest BCUT2D eigenvalue weighted by atomic mass is 32.1. The van der Waals surface area contributed by atoms with Crippen LogP contribution >= 0.6 is 11.3 Å². The van der Waals surface area contributed by atoms with Gasteiger partial charge in [-0.3, -0.25) is 9.59 Å². The molecule has 2 fully saturated rings. The number of carbonyl (C=O) groups is 2. The Balaban J connectivity index is 1.50. The molecule has 3 aliphatic heterocycles. The number of rotatable bonds is 5. The van der Waals surface area contributed by atoms with Crippen molar-refractivity contribution in [3.05, 3.63) is 57.8 Å². The highest BCUT2D eigenvalue weighted by Gasteiger charge is 2.48. The van der Waals surface area contributed by atoms with E-state index in [1.807, 2.05) is 51.6 Å². The van der Waals surface area contributed by atoms with E-state index in [4.69, 9.17) is 14.2 Å². The van der Waals surface area contributed by atoms with Crippen LogP contribution in [0.4, 0.5) is 0 Å². The van der Waals surface area contributed by atoms with Crippen LogP contribution in [0, 0.1) is 0 Å². The second-order valence-electron chi connectivity index (χ2n) is 8.45. The van der Waals surface area contributed by atoms with Gasteiger partial charge in [-0.25, -0.2) is 0 Å². The maximum Gasteiger partial charge on any atom is 0.254 e. The zero-order chi connectivity index (χ0) is 22.1. The van der Waals surface area contributed by atoms with Crippen LogP contribution < -0.4 is 0 Å². The van der Waals surface area contributed by atoms with Gasteiger partial charge in [-0.2, -0.15) is 0 Å². The molecule has 32 heavy (non-hydrogen) atoms. The van der Waals surface area contributed by atoms with E-state index in [1.54, 1.807) is 18.4 Å². The Labute approximate surface area is 191 Å². The Bertz CT molecular complexity index is 963. The van der Waals surface area contributed by atoms with Crippen molar-refractivity contribution in [2.45, 2.75) is 30.6 Å². The summed E-state index contributed by atoms with van der Waals surface area (Å²) >= 11 is 1.58. The number of likely N-dealkylation sites (tertiary alicyclic amines) is 1. The fourth-order valence-corrected chi connectivity index (χ4v) is 5.99. The largest absolute Gasteiger partial charge is 0.383 e. The number of hydrogen-bond acceptors (Lipinski definition) is 6. The minimum atomic E-state index is -0.533. The predicted octanol–water partition coefficient (Wildman–Crippen LogP) is 3.04. The first-order valence-corrected chi connectivity index (χ1v) is 12.0. The monoisotopic (exact) mass is 456 g/mol. The lowest BCUT2D eigenvalue weighted by atomic mass is 9.80. The number of benzene rings is 1. The zero-order valence-electron chi connectivity index (χ0n) is 18.2. The molecule has 8 heteroatoms. The van der Waals surface area contributed by atoms with E-state index in [2.05, 4.69) is 0 Å². The quantitative estimate of drug-likeness (QED) is 0.692. The maximum atomic E-state index is 14.0. The van der Waals surface area contributed by atoms with Crippen LogP contribution in [0.15, 0.2) is 41.8 Å². The number of amides is 2. The Kier molecular flexibility index (Phi) is 6.03. The molecule has 0 aliphatic carbocycles. The number of fused-ring (bicyclic) bond motifs is 1. The topological polar surface area (TPSA) is 68.3 Å². The van der Waals surface area contributed by atoms with E-state index < -0.39 is 11.7 Å². The SMILES string of the molecule is COCCN1C(=O)c2ccccc2[C@@H](C(=O)N2CCC3(CC2)OCCO3)[C@H]1c1cccs1. The molecule has 170 valence electrons. The van der Waals surface area contributed by atoms with Gasteiger partial charge in [-0.1, -0.05) is 24.3 Å². The Hall–Kier alpha value is -2.26. The molecule has 0 N–H and O–H groups in total. The second-order valence-corrected chi connectivity index (χ2v) is 9.43. The number of methoxy groups -OCH3 is 1. The lowest BCUT2D eigenvalue weighted by Gasteiger charge is -2.44. The predicted molar refractivity (Wildman–Crippen MR) is 120 cm³/mol. The van der Waals surface area contributed by atoms with Gasteiger partial charge in [0.2, 0.25) is 5.91 Å². The average molecular weight is 457 g/mol. The molecule has 2 saturated heterocycles. The van der Waals surface area contributed by atoms with Crippen LogP contribution in [0.25, 0.3) is 0 Å². The molecule has 1 aromatic heterocycles. The average Bonchev–Trinajstić information content (AvgIpc) is 3.51. The molecule has 2 aromatic rings. The number of piperidine rings is 1. The molecule has 5 rings (SSSR count). The molecule has 0 unspecified atom stereocenters. The van der Waals surface area contributed by atoms with E-state index in [0.717, 1.165) is 10.4 Å². The van der Waals surface area contributed by atoms with E-state index in [1.165, 1.54) is 0 Å². The summed E-state index contributed by atoms with van der Waals surface area (Å²) in [7, 11) is 1.63. The van der Waals surface area contributed by atoms with Gasteiger partial charge in [0.05, 0.1) is 31.8 Å². The normalized spacial score (nSPS) is 24.7. The first-order valence-electron chi connectivity index (χ1n) is 11.1. The van der Waals surface area contributed by atoms with Gasteiger partial charge in [0.1, 0.15) is 0 Å².